The predicted molar refractivity (Wildman–Crippen MR) is 115 cm³/mol. The van der Waals surface area contributed by atoms with Gasteiger partial charge in [-0.2, -0.15) is 0 Å². The van der Waals surface area contributed by atoms with Crippen LogP contribution < -0.4 is 14.9 Å². The number of carbonyl (C=O) groups excluding carboxylic acids is 2. The predicted octanol–water partition coefficient (Wildman–Crippen LogP) is 3.14. The number of carboxylic acids is 1. The van der Waals surface area contributed by atoms with Crippen molar-refractivity contribution >= 4 is 63.3 Å². The number of aliphatic carboxylic acids is 1. The Hall–Kier alpha value is -2.55. The Labute approximate surface area is 175 Å². The number of thioether (sulfide) groups is 2. The highest BCUT2D eigenvalue weighted by molar-refractivity contribution is 8.27. The molecule has 1 amide bonds. The monoisotopic (exact) mass is 425 g/mol. The molecule has 2 aromatic carbocycles. The number of hydrogen-bond acceptors (Lipinski definition) is 7. The minimum Gasteiger partial charge on any atom is -0.548 e. The van der Waals surface area contributed by atoms with Crippen LogP contribution in [0.2, 0.25) is 0 Å². The second-order valence-corrected chi connectivity index (χ2v) is 8.65. The van der Waals surface area contributed by atoms with E-state index in [0.717, 1.165) is 21.3 Å². The van der Waals surface area contributed by atoms with Crippen LogP contribution in [0.1, 0.15) is 0 Å². The van der Waals surface area contributed by atoms with Gasteiger partial charge in [0.1, 0.15) is 0 Å². The molecule has 0 spiro atoms. The Bertz CT molecular complexity index is 1030. The highest BCUT2D eigenvalue weighted by Crippen LogP contribution is 2.46. The van der Waals surface area contributed by atoms with Crippen LogP contribution in [-0.4, -0.2) is 22.7 Å². The second-order valence-electron chi connectivity index (χ2n) is 5.91. The molecule has 8 heteroatoms. The first-order valence-electron chi connectivity index (χ1n) is 8.32. The van der Waals surface area contributed by atoms with Crippen LogP contribution in [-0.2, 0) is 9.59 Å². The standard InChI is InChI=1S/C20H14N2O3S3/c23-18(24)12-21-14-8-4-5-9-15(14)27-17(21)11-10-16-19(25)22(20(26)28-16)13-6-2-1-3-7-13/h1-11H,12H2,(H,23,24)/p-1/b16-10-,17-11+. The first kappa shape index (κ1) is 18.8. The third-order valence-electron chi connectivity index (χ3n) is 4.11. The third kappa shape index (κ3) is 3.58. The largest absolute Gasteiger partial charge is 0.548 e. The fourth-order valence-corrected chi connectivity index (χ4v) is 5.20. The lowest BCUT2D eigenvalue weighted by molar-refractivity contribution is -0.303. The summed E-state index contributed by atoms with van der Waals surface area (Å²) in [6.07, 6.45) is 3.45. The Morgan fingerprint density at radius 2 is 1.75 bits per heavy atom. The van der Waals surface area contributed by atoms with Crippen molar-refractivity contribution in [3.63, 3.8) is 0 Å². The number of carboxylic acid groups (broad SMARTS) is 1. The molecular weight excluding hydrogens is 412 g/mol. The van der Waals surface area contributed by atoms with Crippen LogP contribution >= 0.6 is 35.7 Å². The molecule has 2 aliphatic heterocycles. The maximum Gasteiger partial charge on any atom is 0.270 e. The highest BCUT2D eigenvalue weighted by atomic mass is 32.2. The van der Waals surface area contributed by atoms with Gasteiger partial charge in [-0.05, 0) is 36.4 Å². The van der Waals surface area contributed by atoms with Gasteiger partial charge in [0.2, 0.25) is 0 Å². The first-order chi connectivity index (χ1) is 13.5. The lowest BCUT2D eigenvalue weighted by Gasteiger charge is -2.20. The summed E-state index contributed by atoms with van der Waals surface area (Å²) in [6.45, 7) is -0.255. The normalized spacial score (nSPS) is 19.0. The van der Waals surface area contributed by atoms with Gasteiger partial charge in [0.15, 0.2) is 4.32 Å². The van der Waals surface area contributed by atoms with E-state index in [1.165, 1.54) is 28.4 Å². The van der Waals surface area contributed by atoms with Crippen molar-refractivity contribution in [2.24, 2.45) is 0 Å². The highest BCUT2D eigenvalue weighted by Gasteiger charge is 2.33. The van der Waals surface area contributed by atoms with E-state index in [-0.39, 0.29) is 12.5 Å². The topological polar surface area (TPSA) is 63.7 Å². The minimum atomic E-state index is -1.17. The molecule has 2 heterocycles. The molecule has 0 bridgehead atoms. The van der Waals surface area contributed by atoms with Crippen molar-refractivity contribution in [2.45, 2.75) is 4.90 Å². The summed E-state index contributed by atoms with van der Waals surface area (Å²) >= 11 is 8.05. The second kappa shape index (κ2) is 7.83. The quantitative estimate of drug-likeness (QED) is 0.551. The molecule has 2 aliphatic rings. The van der Waals surface area contributed by atoms with Gasteiger partial charge in [-0.3, -0.25) is 9.69 Å². The zero-order valence-electron chi connectivity index (χ0n) is 14.4. The summed E-state index contributed by atoms with van der Waals surface area (Å²) in [5.41, 5.74) is 1.54. The van der Waals surface area contributed by atoms with Crippen LogP contribution in [0.15, 0.2) is 81.6 Å². The number of nitrogens with zero attached hydrogens (tertiary/aromatic N) is 2. The molecular formula is C20H13N2O3S3-. The van der Waals surface area contributed by atoms with Crippen molar-refractivity contribution < 1.29 is 14.7 Å². The summed E-state index contributed by atoms with van der Waals surface area (Å²) in [7, 11) is 0. The fraction of sp³-hybridized carbons (Fsp3) is 0.0500. The minimum absolute atomic E-state index is 0.190. The first-order valence-corrected chi connectivity index (χ1v) is 10.4. The van der Waals surface area contributed by atoms with E-state index in [2.05, 4.69) is 0 Å². The van der Waals surface area contributed by atoms with Gasteiger partial charge in [0, 0.05) is 4.90 Å². The number of amides is 1. The zero-order valence-corrected chi connectivity index (χ0v) is 16.9. The van der Waals surface area contributed by atoms with Crippen LogP contribution in [0.25, 0.3) is 0 Å². The van der Waals surface area contributed by atoms with Gasteiger partial charge in [0.05, 0.1) is 33.8 Å². The molecule has 0 aliphatic carbocycles. The Morgan fingerprint density at radius 1 is 1.04 bits per heavy atom. The Kier molecular flexibility index (Phi) is 5.25. The van der Waals surface area contributed by atoms with Crippen LogP contribution in [0.4, 0.5) is 11.4 Å². The van der Waals surface area contributed by atoms with E-state index in [0.29, 0.717) is 9.23 Å². The number of benzene rings is 2. The molecule has 0 atom stereocenters. The molecule has 2 aromatic rings. The van der Waals surface area contributed by atoms with E-state index < -0.39 is 5.97 Å². The molecule has 28 heavy (non-hydrogen) atoms. The van der Waals surface area contributed by atoms with Crippen molar-refractivity contribution in [3.8, 4) is 0 Å². The molecule has 1 fully saturated rings. The van der Waals surface area contributed by atoms with Gasteiger partial charge >= 0.3 is 0 Å². The molecule has 5 nitrogen and oxygen atoms in total. The number of hydrogen-bond donors (Lipinski definition) is 0. The van der Waals surface area contributed by atoms with E-state index in [1.807, 2.05) is 54.6 Å². The number of carbonyl (C=O) groups is 2. The van der Waals surface area contributed by atoms with Crippen LogP contribution in [0, 0.1) is 0 Å². The van der Waals surface area contributed by atoms with Crippen molar-refractivity contribution in [3.05, 3.63) is 76.7 Å². The van der Waals surface area contributed by atoms with Gasteiger partial charge in [-0.15, -0.1) is 0 Å². The summed E-state index contributed by atoms with van der Waals surface area (Å²) in [4.78, 5) is 28.6. The zero-order chi connectivity index (χ0) is 19.7. The van der Waals surface area contributed by atoms with Crippen LogP contribution in [0.5, 0.6) is 0 Å². The number of allylic oxidation sites excluding steroid dienone is 2. The lowest BCUT2D eigenvalue weighted by Crippen LogP contribution is -2.36. The van der Waals surface area contributed by atoms with E-state index in [4.69, 9.17) is 12.2 Å². The van der Waals surface area contributed by atoms with Crippen molar-refractivity contribution in [1.29, 1.82) is 0 Å². The number of para-hydroxylation sites is 2. The summed E-state index contributed by atoms with van der Waals surface area (Å²) in [5, 5.41) is 11.9. The number of fused-ring (bicyclic) bond motifs is 1. The Balaban J connectivity index is 1.62. The van der Waals surface area contributed by atoms with Gasteiger partial charge < -0.3 is 14.8 Å². The molecule has 0 N–H and O–H groups in total. The van der Waals surface area contributed by atoms with E-state index in [1.54, 1.807) is 17.1 Å². The third-order valence-corrected chi connectivity index (χ3v) is 6.56. The summed E-state index contributed by atoms with van der Waals surface area (Å²) in [6, 6.07) is 16.8. The van der Waals surface area contributed by atoms with Gasteiger partial charge in [-0.25, -0.2) is 0 Å². The number of rotatable bonds is 4. The average molecular weight is 426 g/mol. The molecule has 0 aromatic heterocycles. The molecule has 1 saturated heterocycles. The lowest BCUT2D eigenvalue weighted by atomic mass is 10.3. The molecule has 140 valence electrons. The summed E-state index contributed by atoms with van der Waals surface area (Å²) in [5.74, 6) is -1.36. The molecule has 4 rings (SSSR count). The Morgan fingerprint density at radius 3 is 2.50 bits per heavy atom. The van der Waals surface area contributed by atoms with Gasteiger partial charge in [0.25, 0.3) is 5.91 Å². The van der Waals surface area contributed by atoms with Crippen molar-refractivity contribution in [2.75, 3.05) is 16.3 Å². The fourth-order valence-electron chi connectivity index (χ4n) is 2.90. The molecule has 0 saturated carbocycles. The van der Waals surface area contributed by atoms with E-state index >= 15 is 0 Å². The maximum atomic E-state index is 12.8. The number of thiocarbonyl (C=S) groups is 1. The van der Waals surface area contributed by atoms with E-state index in [9.17, 15) is 14.7 Å². The molecule has 0 unspecified atom stereocenters. The van der Waals surface area contributed by atoms with Gasteiger partial charge in [-0.1, -0.05) is 66.1 Å². The van der Waals surface area contributed by atoms with Crippen molar-refractivity contribution in [1.82, 2.24) is 0 Å². The van der Waals surface area contributed by atoms with Crippen LogP contribution in [0.3, 0.4) is 0 Å². The smallest absolute Gasteiger partial charge is 0.270 e. The molecule has 0 radical (unpaired) electrons. The maximum absolute atomic E-state index is 12.8. The SMILES string of the molecule is O=C([O-])CN1/C(=C\C=C2/SC(=S)N(c3ccccc3)C2=O)Sc2ccccc21. The number of anilines is 2. The average Bonchev–Trinajstić information content (AvgIpc) is 3.17. The summed E-state index contributed by atoms with van der Waals surface area (Å²) < 4.78 is 0.467.